The van der Waals surface area contributed by atoms with Gasteiger partial charge < -0.3 is 29.9 Å². The van der Waals surface area contributed by atoms with Crippen molar-refractivity contribution in [2.45, 2.75) is 38.8 Å². The van der Waals surface area contributed by atoms with Crippen LogP contribution in [0.3, 0.4) is 0 Å². The first-order valence-electron chi connectivity index (χ1n) is 16.2. The summed E-state index contributed by atoms with van der Waals surface area (Å²) in [6, 6.07) is 22.3. The number of benzene rings is 2. The molecule has 2 heterocycles. The molecule has 3 aromatic rings. The molecule has 46 heavy (non-hydrogen) atoms. The van der Waals surface area contributed by atoms with E-state index in [1.165, 1.54) is 30.4 Å². The van der Waals surface area contributed by atoms with Crippen LogP contribution in [-0.2, 0) is 13.1 Å². The highest BCUT2D eigenvalue weighted by Gasteiger charge is 2.12. The zero-order valence-corrected chi connectivity index (χ0v) is 27.3. The van der Waals surface area contributed by atoms with Crippen molar-refractivity contribution in [1.29, 1.82) is 0 Å². The van der Waals surface area contributed by atoms with E-state index < -0.39 is 4.92 Å². The second kappa shape index (κ2) is 19.2. The van der Waals surface area contributed by atoms with E-state index >= 15 is 0 Å². The van der Waals surface area contributed by atoms with Crippen LogP contribution in [-0.4, -0.2) is 86.3 Å². The van der Waals surface area contributed by atoms with E-state index in [9.17, 15) is 10.1 Å². The number of nitro groups is 1. The van der Waals surface area contributed by atoms with Gasteiger partial charge in [0.25, 0.3) is 6.20 Å². The highest BCUT2D eigenvalue weighted by molar-refractivity contribution is 5.40. The van der Waals surface area contributed by atoms with Gasteiger partial charge in [0, 0.05) is 52.0 Å². The van der Waals surface area contributed by atoms with Crippen LogP contribution < -0.4 is 25.0 Å². The summed E-state index contributed by atoms with van der Waals surface area (Å²) in [5.41, 5.74) is 2.44. The number of methoxy groups -OCH3 is 1. The largest absolute Gasteiger partial charge is 0.497 e. The summed E-state index contributed by atoms with van der Waals surface area (Å²) in [5.74, 6) is 3.01. The highest BCUT2D eigenvalue weighted by Crippen LogP contribution is 2.19. The van der Waals surface area contributed by atoms with E-state index in [0.29, 0.717) is 38.5 Å². The van der Waals surface area contributed by atoms with Crippen molar-refractivity contribution in [3.8, 4) is 11.5 Å². The van der Waals surface area contributed by atoms with Crippen LogP contribution in [0.2, 0.25) is 0 Å². The fourth-order valence-corrected chi connectivity index (χ4v) is 5.41. The van der Waals surface area contributed by atoms with E-state index in [2.05, 4.69) is 61.6 Å². The van der Waals surface area contributed by atoms with E-state index in [4.69, 9.17) is 9.47 Å². The number of hydrogen-bond donors (Lipinski definition) is 2. The summed E-state index contributed by atoms with van der Waals surface area (Å²) in [6.45, 7) is 7.94. The maximum absolute atomic E-state index is 11.2. The molecule has 0 atom stereocenters. The Morgan fingerprint density at radius 1 is 0.957 bits per heavy atom. The molecule has 1 aromatic heterocycles. The molecule has 0 bridgehead atoms. The number of hydrogen-bond acceptors (Lipinski definition) is 10. The van der Waals surface area contributed by atoms with Gasteiger partial charge in [0.15, 0.2) is 5.82 Å². The Kier molecular flexibility index (Phi) is 14.4. The number of piperidine rings is 1. The number of aromatic nitrogens is 1. The van der Waals surface area contributed by atoms with E-state index in [0.717, 1.165) is 62.8 Å². The lowest BCUT2D eigenvalue weighted by atomic mass is 10.1. The Hall–Kier alpha value is -4.35. The highest BCUT2D eigenvalue weighted by atomic mass is 16.6. The van der Waals surface area contributed by atoms with E-state index in [-0.39, 0.29) is 0 Å². The number of nitrogens with zero attached hydrogens (tertiary/aromatic N) is 5. The van der Waals surface area contributed by atoms with Crippen LogP contribution in [0, 0.1) is 10.1 Å². The Morgan fingerprint density at radius 3 is 2.50 bits per heavy atom. The van der Waals surface area contributed by atoms with Crippen molar-refractivity contribution in [2.75, 3.05) is 71.5 Å². The van der Waals surface area contributed by atoms with Crippen LogP contribution in [0.25, 0.3) is 0 Å². The average molecular weight is 632 g/mol. The Labute approximate surface area is 273 Å². The summed E-state index contributed by atoms with van der Waals surface area (Å²) in [4.78, 5) is 22.3. The summed E-state index contributed by atoms with van der Waals surface area (Å²) < 4.78 is 11.3. The Balaban J connectivity index is 1.16. The zero-order valence-electron chi connectivity index (χ0n) is 27.3. The van der Waals surface area contributed by atoms with E-state index in [1.807, 2.05) is 42.5 Å². The molecule has 1 aliphatic heterocycles. The van der Waals surface area contributed by atoms with Gasteiger partial charge in [-0.2, -0.15) is 0 Å². The van der Waals surface area contributed by atoms with Crippen LogP contribution >= 0.6 is 0 Å². The van der Waals surface area contributed by atoms with Crippen LogP contribution in [0.4, 0.5) is 5.82 Å². The van der Waals surface area contributed by atoms with Crippen molar-refractivity contribution in [2.24, 2.45) is 0 Å². The molecule has 0 radical (unpaired) electrons. The van der Waals surface area contributed by atoms with Crippen molar-refractivity contribution in [1.82, 2.24) is 25.4 Å². The van der Waals surface area contributed by atoms with Crippen molar-refractivity contribution in [3.05, 3.63) is 106 Å². The predicted octanol–water partition coefficient (Wildman–Crippen LogP) is 4.74. The number of likely N-dealkylation sites (tertiary alicyclic amines) is 1. The molecule has 0 aliphatic carbocycles. The van der Waals surface area contributed by atoms with Crippen LogP contribution in [0.5, 0.6) is 11.5 Å². The van der Waals surface area contributed by atoms with Gasteiger partial charge in [-0.15, -0.1) is 0 Å². The van der Waals surface area contributed by atoms with Gasteiger partial charge in [-0.3, -0.25) is 15.0 Å². The molecular weight excluding hydrogens is 582 g/mol. The topological polar surface area (TPSA) is 108 Å². The second-order valence-electron chi connectivity index (χ2n) is 11.6. The molecule has 1 fully saturated rings. The molecular formula is C35H49N7O4. The summed E-state index contributed by atoms with van der Waals surface area (Å²) in [7, 11) is 3.72. The molecule has 11 nitrogen and oxygen atoms in total. The van der Waals surface area contributed by atoms with Crippen molar-refractivity contribution < 1.29 is 14.4 Å². The average Bonchev–Trinajstić information content (AvgIpc) is 3.07. The molecule has 0 spiro atoms. The standard InChI is InChI=1S/C35H49N7O4/c1-39(23-24-41(35-12-4-5-17-38-35)28-30-13-15-32(45-2)16-14-30)22-19-37-34(29-42(43)44)36-18-9-25-46-33-11-8-10-31(26-33)27-40-20-6-3-7-21-40/h4-5,8,10-17,26,29,36-37H,3,6-7,9,18-25,27-28H2,1-2H3/b34-29+. The lowest BCUT2D eigenvalue weighted by molar-refractivity contribution is -0.404. The third-order valence-corrected chi connectivity index (χ3v) is 7.96. The number of ether oxygens (including phenoxy) is 2. The monoisotopic (exact) mass is 631 g/mol. The second-order valence-corrected chi connectivity index (χ2v) is 11.6. The van der Waals surface area contributed by atoms with Gasteiger partial charge in [0.05, 0.1) is 18.6 Å². The number of likely N-dealkylation sites (N-methyl/N-ethyl adjacent to an activating group) is 1. The third-order valence-electron chi connectivity index (χ3n) is 7.96. The number of anilines is 1. The first kappa shape index (κ1) is 34.5. The summed E-state index contributed by atoms with van der Waals surface area (Å²) in [6.07, 6.45) is 7.39. The third kappa shape index (κ3) is 12.6. The maximum Gasteiger partial charge on any atom is 0.274 e. The minimum Gasteiger partial charge on any atom is -0.497 e. The van der Waals surface area contributed by atoms with Crippen molar-refractivity contribution in [3.63, 3.8) is 0 Å². The molecule has 2 aromatic carbocycles. The molecule has 1 saturated heterocycles. The van der Waals surface area contributed by atoms with Gasteiger partial charge in [0.1, 0.15) is 17.3 Å². The summed E-state index contributed by atoms with van der Waals surface area (Å²) in [5, 5.41) is 17.6. The van der Waals surface area contributed by atoms with Gasteiger partial charge in [-0.1, -0.05) is 36.8 Å². The Bertz CT molecular complexity index is 1330. The molecule has 1 aliphatic rings. The fourth-order valence-electron chi connectivity index (χ4n) is 5.41. The first-order valence-corrected chi connectivity index (χ1v) is 16.2. The molecule has 4 rings (SSSR count). The van der Waals surface area contributed by atoms with Gasteiger partial charge in [-0.05, 0) is 86.9 Å². The van der Waals surface area contributed by atoms with Crippen LogP contribution in [0.1, 0.15) is 36.8 Å². The predicted molar refractivity (Wildman–Crippen MR) is 183 cm³/mol. The molecule has 248 valence electrons. The van der Waals surface area contributed by atoms with Crippen LogP contribution in [0.15, 0.2) is 84.9 Å². The lowest BCUT2D eigenvalue weighted by Gasteiger charge is -2.27. The minimum atomic E-state index is -0.437. The number of rotatable bonds is 20. The number of pyridine rings is 1. The smallest absolute Gasteiger partial charge is 0.274 e. The zero-order chi connectivity index (χ0) is 32.4. The molecule has 2 N–H and O–H groups in total. The van der Waals surface area contributed by atoms with Gasteiger partial charge in [-0.25, -0.2) is 4.98 Å². The fraction of sp³-hybridized carbons (Fsp3) is 0.457. The SMILES string of the molecule is COc1ccc(CN(CCN(C)CCN/C(=C/[N+](=O)[O-])NCCCOc2cccc(CN3CCCCC3)c2)c2ccccn2)cc1. The quantitative estimate of drug-likeness (QED) is 0.103. The van der Waals surface area contributed by atoms with Gasteiger partial charge in [0.2, 0.25) is 0 Å². The van der Waals surface area contributed by atoms with Gasteiger partial charge >= 0.3 is 0 Å². The molecule has 0 amide bonds. The molecule has 11 heteroatoms. The molecule has 0 saturated carbocycles. The first-order chi connectivity index (χ1) is 22.5. The Morgan fingerprint density at radius 2 is 1.76 bits per heavy atom. The number of nitrogens with one attached hydrogen (secondary N) is 2. The van der Waals surface area contributed by atoms with Crippen molar-refractivity contribution >= 4 is 5.82 Å². The maximum atomic E-state index is 11.2. The minimum absolute atomic E-state index is 0.400. The molecule has 0 unspecified atom stereocenters. The normalized spacial score (nSPS) is 13.8. The van der Waals surface area contributed by atoms with E-state index in [1.54, 1.807) is 13.3 Å². The lowest BCUT2D eigenvalue weighted by Crippen LogP contribution is -2.38. The summed E-state index contributed by atoms with van der Waals surface area (Å²) >= 11 is 0.